The van der Waals surface area contributed by atoms with Crippen LogP contribution in [0.2, 0.25) is 0 Å². The lowest BCUT2D eigenvalue weighted by molar-refractivity contribution is 1.11. The van der Waals surface area contributed by atoms with Crippen LogP contribution in [0.1, 0.15) is 0 Å². The highest BCUT2D eigenvalue weighted by Crippen LogP contribution is 2.45. The van der Waals surface area contributed by atoms with Crippen molar-refractivity contribution >= 4 is 22.1 Å². The molecule has 3 aromatic heterocycles. The molecule has 8 aromatic rings. The largest absolute Gasteiger partial charge is 0.291 e. The Balaban J connectivity index is 1.17. The Morgan fingerprint density at radius 2 is 0.977 bits per heavy atom. The summed E-state index contributed by atoms with van der Waals surface area (Å²) in [5.41, 5.74) is 13.9. The summed E-state index contributed by atoms with van der Waals surface area (Å²) >= 11 is 0. The van der Waals surface area contributed by atoms with Crippen molar-refractivity contribution in [2.24, 2.45) is 0 Å². The summed E-state index contributed by atoms with van der Waals surface area (Å²) in [5.74, 6) is 0.926. The number of rotatable bonds is 3. The van der Waals surface area contributed by atoms with Gasteiger partial charge in [-0.05, 0) is 47.5 Å². The summed E-state index contributed by atoms with van der Waals surface area (Å²) in [6, 6.07) is 50.8. The molecule has 0 saturated heterocycles. The van der Waals surface area contributed by atoms with Crippen LogP contribution in [0.5, 0.6) is 0 Å². The van der Waals surface area contributed by atoms with Crippen molar-refractivity contribution < 1.29 is 0 Å². The van der Waals surface area contributed by atoms with Crippen LogP contribution in [0.15, 0.2) is 146 Å². The molecule has 4 heteroatoms. The second-order valence-electron chi connectivity index (χ2n) is 10.9. The van der Waals surface area contributed by atoms with Crippen LogP contribution < -0.4 is 0 Å². The van der Waals surface area contributed by atoms with Gasteiger partial charge in [0.1, 0.15) is 5.82 Å². The molecule has 0 bridgehead atoms. The second-order valence-corrected chi connectivity index (χ2v) is 10.9. The summed E-state index contributed by atoms with van der Waals surface area (Å²) in [6.45, 7) is 0. The van der Waals surface area contributed by atoms with E-state index in [0.29, 0.717) is 0 Å². The standard InChI is InChI=1S/C39H24N4/c1-2-9-25(10-3-1)33-23-21-27-22-24-34(41-38(27)40-33)26-17-19-28(20-18-26)39-42-35-15-8-14-32-30-12-5-4-11-29(30)31-13-6-7-16-36(31)43(39)37(32)35/h1-24H. The highest BCUT2D eigenvalue weighted by Gasteiger charge is 2.24. The zero-order valence-corrected chi connectivity index (χ0v) is 23.1. The zero-order valence-electron chi connectivity index (χ0n) is 23.1. The van der Waals surface area contributed by atoms with Gasteiger partial charge in [-0.25, -0.2) is 15.0 Å². The van der Waals surface area contributed by atoms with Crippen LogP contribution in [0.4, 0.5) is 0 Å². The summed E-state index contributed by atoms with van der Waals surface area (Å²) in [7, 11) is 0. The number of fused-ring (bicyclic) bond motifs is 6. The van der Waals surface area contributed by atoms with E-state index in [0.717, 1.165) is 61.7 Å². The molecular weight excluding hydrogens is 524 g/mol. The molecule has 1 aliphatic rings. The van der Waals surface area contributed by atoms with E-state index in [4.69, 9.17) is 15.0 Å². The average molecular weight is 549 g/mol. The quantitative estimate of drug-likeness (QED) is 0.221. The first kappa shape index (κ1) is 23.8. The van der Waals surface area contributed by atoms with Crippen molar-refractivity contribution in [3.8, 4) is 61.8 Å². The van der Waals surface area contributed by atoms with Crippen LogP contribution in [-0.4, -0.2) is 19.5 Å². The molecule has 0 atom stereocenters. The van der Waals surface area contributed by atoms with Crippen molar-refractivity contribution in [3.05, 3.63) is 146 Å². The molecule has 0 N–H and O–H groups in total. The number of hydrogen-bond acceptors (Lipinski definition) is 3. The lowest BCUT2D eigenvalue weighted by atomic mass is 9.94. The van der Waals surface area contributed by atoms with Gasteiger partial charge < -0.3 is 0 Å². The van der Waals surface area contributed by atoms with Crippen molar-refractivity contribution in [3.63, 3.8) is 0 Å². The Hall–Kier alpha value is -5.87. The molecule has 4 heterocycles. The van der Waals surface area contributed by atoms with Crippen LogP contribution in [0.3, 0.4) is 0 Å². The number of benzene rings is 5. The minimum Gasteiger partial charge on any atom is -0.291 e. The number of imidazole rings is 1. The molecule has 200 valence electrons. The lowest BCUT2D eigenvalue weighted by Gasteiger charge is -2.13. The molecule has 4 nitrogen and oxygen atoms in total. The Bertz CT molecular complexity index is 2330. The second kappa shape index (κ2) is 9.33. The fraction of sp³-hybridized carbons (Fsp3) is 0. The summed E-state index contributed by atoms with van der Waals surface area (Å²) < 4.78 is 2.33. The van der Waals surface area contributed by atoms with Crippen LogP contribution in [-0.2, 0) is 0 Å². The first-order valence-corrected chi connectivity index (χ1v) is 14.5. The van der Waals surface area contributed by atoms with Gasteiger partial charge in [-0.15, -0.1) is 0 Å². The Morgan fingerprint density at radius 3 is 1.72 bits per heavy atom. The molecular formula is C39H24N4. The third kappa shape index (κ3) is 3.74. The first-order chi connectivity index (χ1) is 21.3. The van der Waals surface area contributed by atoms with Gasteiger partial charge in [0, 0.05) is 33.2 Å². The fourth-order valence-electron chi connectivity index (χ4n) is 6.34. The molecule has 5 aromatic carbocycles. The summed E-state index contributed by atoms with van der Waals surface area (Å²) in [4.78, 5) is 15.0. The van der Waals surface area contributed by atoms with Gasteiger partial charge in [-0.2, -0.15) is 0 Å². The van der Waals surface area contributed by atoms with Gasteiger partial charge >= 0.3 is 0 Å². The Morgan fingerprint density at radius 1 is 0.395 bits per heavy atom. The van der Waals surface area contributed by atoms with Crippen LogP contribution in [0.25, 0.3) is 83.9 Å². The Labute approximate surface area is 248 Å². The van der Waals surface area contributed by atoms with Crippen molar-refractivity contribution in [2.45, 2.75) is 0 Å². The maximum Gasteiger partial charge on any atom is 0.160 e. The van der Waals surface area contributed by atoms with E-state index in [9.17, 15) is 0 Å². The molecule has 43 heavy (non-hydrogen) atoms. The summed E-state index contributed by atoms with van der Waals surface area (Å²) in [5, 5.41) is 1.02. The number of hydrogen-bond donors (Lipinski definition) is 0. The van der Waals surface area contributed by atoms with Gasteiger partial charge in [0.05, 0.1) is 28.1 Å². The predicted octanol–water partition coefficient (Wildman–Crippen LogP) is 9.62. The smallest absolute Gasteiger partial charge is 0.160 e. The summed E-state index contributed by atoms with van der Waals surface area (Å²) in [6.07, 6.45) is 0. The highest BCUT2D eigenvalue weighted by atomic mass is 15.1. The Kier molecular flexibility index (Phi) is 5.16. The average Bonchev–Trinajstić information content (AvgIpc) is 3.42. The SMILES string of the molecule is c1ccc(-c2ccc3ccc(-c4ccc(-c5nc6cccc7c6n5-c5ccccc5-c5ccccc5-7)cc4)nc3n2)cc1. The number of nitrogens with zero attached hydrogens (tertiary/aromatic N) is 4. The van der Waals surface area contributed by atoms with E-state index >= 15 is 0 Å². The fourth-order valence-corrected chi connectivity index (χ4v) is 6.34. The van der Waals surface area contributed by atoms with Gasteiger partial charge in [0.25, 0.3) is 0 Å². The number of pyridine rings is 2. The molecule has 0 saturated carbocycles. The van der Waals surface area contributed by atoms with E-state index in [-0.39, 0.29) is 0 Å². The van der Waals surface area contributed by atoms with Gasteiger partial charge in [0.2, 0.25) is 0 Å². The van der Waals surface area contributed by atoms with E-state index < -0.39 is 0 Å². The maximum atomic E-state index is 5.19. The maximum absolute atomic E-state index is 5.19. The molecule has 1 aliphatic heterocycles. The number of para-hydroxylation sites is 2. The van der Waals surface area contributed by atoms with E-state index in [2.05, 4.69) is 132 Å². The van der Waals surface area contributed by atoms with Crippen LogP contribution in [0, 0.1) is 0 Å². The van der Waals surface area contributed by atoms with Crippen LogP contribution >= 0.6 is 0 Å². The first-order valence-electron chi connectivity index (χ1n) is 14.5. The molecule has 0 unspecified atom stereocenters. The molecule has 0 aliphatic carbocycles. The van der Waals surface area contributed by atoms with E-state index in [1.165, 1.54) is 22.3 Å². The highest BCUT2D eigenvalue weighted by molar-refractivity contribution is 6.03. The molecule has 9 rings (SSSR count). The lowest BCUT2D eigenvalue weighted by Crippen LogP contribution is -1.99. The molecule has 0 radical (unpaired) electrons. The number of aromatic nitrogens is 4. The molecule has 0 spiro atoms. The van der Waals surface area contributed by atoms with Gasteiger partial charge in [-0.1, -0.05) is 109 Å². The third-order valence-corrected chi connectivity index (χ3v) is 8.39. The minimum atomic E-state index is 0.742. The topological polar surface area (TPSA) is 43.6 Å². The van der Waals surface area contributed by atoms with E-state index in [1.807, 2.05) is 18.2 Å². The van der Waals surface area contributed by atoms with Gasteiger partial charge in [-0.3, -0.25) is 4.57 Å². The third-order valence-electron chi connectivity index (χ3n) is 8.39. The predicted molar refractivity (Wildman–Crippen MR) is 175 cm³/mol. The van der Waals surface area contributed by atoms with Crippen molar-refractivity contribution in [1.29, 1.82) is 0 Å². The monoisotopic (exact) mass is 548 g/mol. The van der Waals surface area contributed by atoms with E-state index in [1.54, 1.807) is 0 Å². The minimum absolute atomic E-state index is 0.742. The van der Waals surface area contributed by atoms with Gasteiger partial charge in [0.15, 0.2) is 5.65 Å². The van der Waals surface area contributed by atoms with Crippen molar-refractivity contribution in [1.82, 2.24) is 19.5 Å². The molecule has 0 fully saturated rings. The normalized spacial score (nSPS) is 11.7. The van der Waals surface area contributed by atoms with Crippen molar-refractivity contribution in [2.75, 3.05) is 0 Å². The molecule has 0 amide bonds. The zero-order chi connectivity index (χ0) is 28.3.